The summed E-state index contributed by atoms with van der Waals surface area (Å²) in [6, 6.07) is 0. The van der Waals surface area contributed by atoms with Gasteiger partial charge in [0.1, 0.15) is 0 Å². The third kappa shape index (κ3) is 2.10. The summed E-state index contributed by atoms with van der Waals surface area (Å²) >= 11 is 3.13. The Balaban J connectivity index is 1.90. The van der Waals surface area contributed by atoms with Gasteiger partial charge in [-0.2, -0.15) is 0 Å². The predicted molar refractivity (Wildman–Crippen MR) is 100 cm³/mol. The summed E-state index contributed by atoms with van der Waals surface area (Å²) in [5.41, 5.74) is 5.15. The highest BCUT2D eigenvalue weighted by molar-refractivity contribution is 8.10. The van der Waals surface area contributed by atoms with E-state index in [0.29, 0.717) is 9.81 Å². The first-order valence-electron chi connectivity index (χ1n) is 8.31. The van der Waals surface area contributed by atoms with Gasteiger partial charge in [0.2, 0.25) is 0 Å². The number of hydrogen-bond acceptors (Lipinski definition) is 6. The number of hydrogen-bond donors (Lipinski definition) is 0. The zero-order valence-electron chi connectivity index (χ0n) is 14.7. The number of ether oxygens (including phenoxy) is 2. The largest absolute Gasteiger partial charge is 0.465 e. The van der Waals surface area contributed by atoms with Crippen LogP contribution >= 0.6 is 23.5 Å². The van der Waals surface area contributed by atoms with Crippen LogP contribution in [0, 0.1) is 0 Å². The van der Waals surface area contributed by atoms with E-state index >= 15 is 0 Å². The number of thioether (sulfide) groups is 2. The highest BCUT2D eigenvalue weighted by Crippen LogP contribution is 2.68. The first-order valence-corrected chi connectivity index (χ1v) is 9.94. The van der Waals surface area contributed by atoms with Crippen LogP contribution in [-0.2, 0) is 19.1 Å². The van der Waals surface area contributed by atoms with Crippen LogP contribution in [0.1, 0.15) is 33.1 Å². The Bertz CT molecular complexity index is 764. The van der Waals surface area contributed by atoms with E-state index in [0.717, 1.165) is 19.3 Å². The van der Waals surface area contributed by atoms with Crippen LogP contribution in [0.4, 0.5) is 0 Å². The molecule has 2 aliphatic carbocycles. The predicted octanol–water partition coefficient (Wildman–Crippen LogP) is 3.90. The van der Waals surface area contributed by atoms with Crippen molar-refractivity contribution in [3.05, 3.63) is 44.3 Å². The second kappa shape index (κ2) is 5.55. The molecule has 2 atom stereocenters. The van der Waals surface area contributed by atoms with E-state index < -0.39 is 0 Å². The molecule has 6 heteroatoms. The molecular weight excluding hydrogens is 356 g/mol. The molecule has 4 rings (SSSR count). The fourth-order valence-corrected chi connectivity index (χ4v) is 7.36. The van der Waals surface area contributed by atoms with E-state index in [1.54, 1.807) is 23.5 Å². The molecule has 0 aromatic carbocycles. The van der Waals surface area contributed by atoms with Crippen molar-refractivity contribution in [3.63, 3.8) is 0 Å². The molecular formula is C19H20O4S2. The molecule has 0 amide bonds. The summed E-state index contributed by atoms with van der Waals surface area (Å²) in [4.78, 5) is 25.6. The van der Waals surface area contributed by atoms with Gasteiger partial charge in [-0.25, -0.2) is 9.59 Å². The second-order valence-electron chi connectivity index (χ2n) is 6.91. The van der Waals surface area contributed by atoms with Gasteiger partial charge in [-0.1, -0.05) is 0 Å². The monoisotopic (exact) mass is 376 g/mol. The molecule has 0 spiro atoms. The Morgan fingerprint density at radius 2 is 1.28 bits per heavy atom. The molecule has 0 aromatic heterocycles. The second-order valence-corrected chi connectivity index (χ2v) is 9.83. The van der Waals surface area contributed by atoms with E-state index in [-0.39, 0.29) is 21.4 Å². The molecule has 4 aliphatic rings. The number of carbonyl (C=O) groups excluding carboxylic acids is 2. The molecule has 0 bridgehead atoms. The molecule has 0 aromatic rings. The van der Waals surface area contributed by atoms with Gasteiger partial charge < -0.3 is 9.47 Å². The van der Waals surface area contributed by atoms with Gasteiger partial charge in [0, 0.05) is 0 Å². The van der Waals surface area contributed by atoms with Crippen molar-refractivity contribution in [1.82, 2.24) is 0 Å². The van der Waals surface area contributed by atoms with Crippen LogP contribution in [0.5, 0.6) is 0 Å². The summed E-state index contributed by atoms with van der Waals surface area (Å²) in [7, 11) is 2.83. The zero-order chi connectivity index (χ0) is 18.0. The number of methoxy groups -OCH3 is 2. The highest BCUT2D eigenvalue weighted by Gasteiger charge is 2.60. The van der Waals surface area contributed by atoms with Crippen molar-refractivity contribution in [2.45, 2.75) is 42.6 Å². The zero-order valence-corrected chi connectivity index (χ0v) is 16.4. The first-order chi connectivity index (χ1) is 11.9. The van der Waals surface area contributed by atoms with Crippen LogP contribution < -0.4 is 0 Å². The van der Waals surface area contributed by atoms with Crippen molar-refractivity contribution in [2.75, 3.05) is 14.2 Å². The minimum absolute atomic E-state index is 0.289. The van der Waals surface area contributed by atoms with E-state index in [1.807, 2.05) is 12.2 Å². The lowest BCUT2D eigenvalue weighted by Crippen LogP contribution is -2.47. The third-order valence-electron chi connectivity index (χ3n) is 5.76. The number of carbonyl (C=O) groups is 2. The average molecular weight is 376 g/mol. The van der Waals surface area contributed by atoms with Crippen molar-refractivity contribution in [2.24, 2.45) is 0 Å². The van der Waals surface area contributed by atoms with Crippen LogP contribution in [0.2, 0.25) is 0 Å². The molecule has 0 radical (unpaired) electrons. The number of esters is 2. The first kappa shape index (κ1) is 17.0. The van der Waals surface area contributed by atoms with Crippen LogP contribution in [-0.4, -0.2) is 35.7 Å². The van der Waals surface area contributed by atoms with Crippen LogP contribution in [0.3, 0.4) is 0 Å². The molecule has 25 heavy (non-hydrogen) atoms. The van der Waals surface area contributed by atoms with Crippen molar-refractivity contribution < 1.29 is 19.1 Å². The SMILES string of the molecule is COC(=O)C1=CC2=C3CCCC3=C3C=C(C(=O)OC)S[C@]3(C)[C@@]2(C)S1. The maximum atomic E-state index is 12.2. The lowest BCUT2D eigenvalue weighted by Gasteiger charge is -2.46. The lowest BCUT2D eigenvalue weighted by molar-refractivity contribution is -0.136. The molecule has 2 heterocycles. The summed E-state index contributed by atoms with van der Waals surface area (Å²) in [5, 5.41) is 0. The maximum Gasteiger partial charge on any atom is 0.344 e. The number of allylic oxidation sites excluding steroid dienone is 4. The maximum absolute atomic E-state index is 12.2. The van der Waals surface area contributed by atoms with E-state index in [9.17, 15) is 9.59 Å². The molecule has 4 nitrogen and oxygen atoms in total. The van der Waals surface area contributed by atoms with E-state index in [2.05, 4.69) is 13.8 Å². The Labute approximate surface area is 155 Å². The molecule has 0 saturated heterocycles. The van der Waals surface area contributed by atoms with Gasteiger partial charge in [0.15, 0.2) is 0 Å². The van der Waals surface area contributed by atoms with Crippen LogP contribution in [0.25, 0.3) is 0 Å². The Morgan fingerprint density at radius 3 is 1.64 bits per heavy atom. The standard InChI is InChI=1S/C19H20O4S2/c1-18-12(8-14(24-18)16(20)22-3)10-6-5-7-11(10)13-9-15(17(21)23-4)25-19(13,18)2/h8-9H,5-7H2,1-4H3/t18-,19-/m0/s1. The minimum atomic E-state index is -0.314. The van der Waals surface area contributed by atoms with Crippen molar-refractivity contribution in [3.8, 4) is 0 Å². The number of rotatable bonds is 2. The van der Waals surface area contributed by atoms with Gasteiger partial charge in [-0.3, -0.25) is 0 Å². The third-order valence-corrected chi connectivity index (χ3v) is 8.97. The van der Waals surface area contributed by atoms with Gasteiger partial charge in [-0.15, -0.1) is 23.5 Å². The fraction of sp³-hybridized carbons (Fsp3) is 0.474. The summed E-state index contributed by atoms with van der Waals surface area (Å²) in [6.45, 7) is 4.37. The van der Waals surface area contributed by atoms with Crippen molar-refractivity contribution in [1.29, 1.82) is 0 Å². The molecule has 0 unspecified atom stereocenters. The summed E-state index contributed by atoms with van der Waals surface area (Å²) in [6.07, 6.45) is 7.18. The minimum Gasteiger partial charge on any atom is -0.465 e. The normalized spacial score (nSPS) is 32.8. The highest BCUT2D eigenvalue weighted by atomic mass is 32.2. The molecule has 2 aliphatic heterocycles. The summed E-state index contributed by atoms with van der Waals surface area (Å²) < 4.78 is 9.29. The number of fused-ring (bicyclic) bond motifs is 4. The van der Waals surface area contributed by atoms with Gasteiger partial charge in [-0.05, 0) is 67.6 Å². The van der Waals surface area contributed by atoms with Gasteiger partial charge in [0.25, 0.3) is 0 Å². The molecule has 1 fully saturated rings. The smallest absolute Gasteiger partial charge is 0.344 e. The Morgan fingerprint density at radius 1 is 0.880 bits per heavy atom. The Kier molecular flexibility index (Phi) is 3.78. The van der Waals surface area contributed by atoms with Crippen LogP contribution in [0.15, 0.2) is 44.3 Å². The molecule has 0 N–H and O–H groups in total. The van der Waals surface area contributed by atoms with Gasteiger partial charge in [0.05, 0.1) is 33.5 Å². The Hall–Kier alpha value is -1.40. The van der Waals surface area contributed by atoms with Crippen molar-refractivity contribution >= 4 is 35.5 Å². The van der Waals surface area contributed by atoms with E-state index in [4.69, 9.17) is 9.47 Å². The average Bonchev–Trinajstić information content (AvgIpc) is 3.28. The summed E-state index contributed by atoms with van der Waals surface area (Å²) in [5.74, 6) is -0.579. The molecule has 1 saturated carbocycles. The quantitative estimate of drug-likeness (QED) is 0.681. The van der Waals surface area contributed by atoms with E-state index in [1.165, 1.54) is 36.5 Å². The topological polar surface area (TPSA) is 52.6 Å². The van der Waals surface area contributed by atoms with Gasteiger partial charge >= 0.3 is 11.9 Å². The lowest BCUT2D eigenvalue weighted by atomic mass is 9.72. The molecule has 132 valence electrons. The fourth-order valence-electron chi connectivity index (χ4n) is 4.35.